The molecule has 3 heterocycles. The lowest BCUT2D eigenvalue weighted by molar-refractivity contribution is 0.0333. The Labute approximate surface area is 170 Å². The topological polar surface area (TPSA) is 80.5 Å². The van der Waals surface area contributed by atoms with Crippen molar-refractivity contribution in [1.29, 1.82) is 0 Å². The number of ether oxygens (including phenoxy) is 1. The first-order valence-electron chi connectivity index (χ1n) is 10.1. The molecule has 1 amide bonds. The van der Waals surface area contributed by atoms with Crippen LogP contribution < -0.4 is 5.32 Å². The summed E-state index contributed by atoms with van der Waals surface area (Å²) in [7, 11) is 0. The van der Waals surface area contributed by atoms with Crippen LogP contribution in [-0.4, -0.2) is 59.8 Å². The zero-order valence-electron chi connectivity index (χ0n) is 16.6. The molecule has 1 fully saturated rings. The molecule has 3 aromatic rings. The van der Waals surface area contributed by atoms with Crippen molar-refractivity contribution in [3.8, 4) is 0 Å². The molecule has 7 nitrogen and oxygen atoms in total. The molecule has 0 saturated carbocycles. The van der Waals surface area contributed by atoms with Crippen LogP contribution in [0.5, 0.6) is 0 Å². The molecule has 1 unspecified atom stereocenters. The summed E-state index contributed by atoms with van der Waals surface area (Å²) in [4.78, 5) is 19.6. The van der Waals surface area contributed by atoms with Crippen molar-refractivity contribution in [2.75, 3.05) is 32.8 Å². The maximum Gasteiger partial charge on any atom is 0.257 e. The van der Waals surface area contributed by atoms with Crippen molar-refractivity contribution in [3.05, 3.63) is 59.4 Å². The van der Waals surface area contributed by atoms with Gasteiger partial charge in [0, 0.05) is 31.9 Å². The van der Waals surface area contributed by atoms with Crippen molar-refractivity contribution >= 4 is 17.0 Å². The van der Waals surface area contributed by atoms with Crippen molar-refractivity contribution in [2.24, 2.45) is 0 Å². The standard InChI is InChI=1S/C22H26N4O3/c1-2-20-19-13-17(14-23-22(19)29-25-20)21(27)24-18(12-16-6-4-3-5-7-16)15-26-8-10-28-11-9-26/h3-7,13-14,18H,2,8-12,15H2,1H3,(H,24,27). The first-order chi connectivity index (χ1) is 14.2. The molecule has 29 heavy (non-hydrogen) atoms. The van der Waals surface area contributed by atoms with E-state index in [4.69, 9.17) is 9.26 Å². The Morgan fingerprint density at radius 1 is 1.24 bits per heavy atom. The molecule has 7 heteroatoms. The summed E-state index contributed by atoms with van der Waals surface area (Å²) in [5.74, 6) is -0.128. The van der Waals surface area contributed by atoms with Crippen LogP contribution in [0.25, 0.3) is 11.1 Å². The van der Waals surface area contributed by atoms with E-state index in [1.165, 1.54) is 5.56 Å². The third-order valence-corrected chi connectivity index (χ3v) is 5.24. The molecule has 0 radical (unpaired) electrons. The second kappa shape index (κ2) is 9.15. The number of hydrogen-bond acceptors (Lipinski definition) is 6. The highest BCUT2D eigenvalue weighted by Crippen LogP contribution is 2.18. The van der Waals surface area contributed by atoms with Crippen LogP contribution in [0.4, 0.5) is 0 Å². The van der Waals surface area contributed by atoms with E-state index in [-0.39, 0.29) is 11.9 Å². The highest BCUT2D eigenvalue weighted by atomic mass is 16.5. The van der Waals surface area contributed by atoms with Crippen molar-refractivity contribution in [2.45, 2.75) is 25.8 Å². The number of aryl methyl sites for hydroxylation is 1. The van der Waals surface area contributed by atoms with Crippen LogP contribution in [0.3, 0.4) is 0 Å². The molecule has 1 N–H and O–H groups in total. The average Bonchev–Trinajstić information content (AvgIpc) is 3.17. The number of carbonyl (C=O) groups is 1. The van der Waals surface area contributed by atoms with Gasteiger partial charge in [-0.15, -0.1) is 0 Å². The van der Waals surface area contributed by atoms with Crippen LogP contribution in [-0.2, 0) is 17.6 Å². The minimum absolute atomic E-state index is 0.00758. The van der Waals surface area contributed by atoms with E-state index in [1.807, 2.05) is 31.2 Å². The maximum atomic E-state index is 13.0. The van der Waals surface area contributed by atoms with E-state index in [1.54, 1.807) is 6.20 Å². The summed E-state index contributed by atoms with van der Waals surface area (Å²) >= 11 is 0. The number of nitrogens with zero attached hydrogens (tertiary/aromatic N) is 3. The summed E-state index contributed by atoms with van der Waals surface area (Å²) in [6.45, 7) is 6.03. The smallest absolute Gasteiger partial charge is 0.257 e. The van der Waals surface area contributed by atoms with Gasteiger partial charge in [0.15, 0.2) is 0 Å². The van der Waals surface area contributed by atoms with E-state index in [0.29, 0.717) is 11.3 Å². The summed E-state index contributed by atoms with van der Waals surface area (Å²) in [6.07, 6.45) is 3.05. The molecular weight excluding hydrogens is 368 g/mol. The fourth-order valence-corrected chi connectivity index (χ4v) is 3.68. The maximum absolute atomic E-state index is 13.0. The number of carbonyl (C=O) groups excluding carboxylic acids is 1. The zero-order valence-corrected chi connectivity index (χ0v) is 16.6. The van der Waals surface area contributed by atoms with Gasteiger partial charge in [-0.05, 0) is 24.5 Å². The molecule has 0 bridgehead atoms. The summed E-state index contributed by atoms with van der Waals surface area (Å²) in [6, 6.07) is 12.1. The lowest BCUT2D eigenvalue weighted by Crippen LogP contribution is -2.48. The Bertz CT molecular complexity index is 951. The van der Waals surface area contributed by atoms with Crippen LogP contribution in [0.2, 0.25) is 0 Å². The van der Waals surface area contributed by atoms with Gasteiger partial charge in [0.05, 0.1) is 29.9 Å². The van der Waals surface area contributed by atoms with Crippen molar-refractivity contribution in [1.82, 2.24) is 20.4 Å². The van der Waals surface area contributed by atoms with E-state index in [0.717, 1.165) is 56.8 Å². The second-order valence-electron chi connectivity index (χ2n) is 7.33. The molecule has 0 spiro atoms. The second-order valence-corrected chi connectivity index (χ2v) is 7.33. The third kappa shape index (κ3) is 4.81. The molecule has 1 aliphatic rings. The molecule has 4 rings (SSSR count). The highest BCUT2D eigenvalue weighted by Gasteiger charge is 2.21. The lowest BCUT2D eigenvalue weighted by Gasteiger charge is -2.31. The van der Waals surface area contributed by atoms with E-state index < -0.39 is 0 Å². The summed E-state index contributed by atoms with van der Waals surface area (Å²) < 4.78 is 10.7. The predicted molar refractivity (Wildman–Crippen MR) is 110 cm³/mol. The first-order valence-corrected chi connectivity index (χ1v) is 10.1. The molecule has 1 saturated heterocycles. The molecule has 1 atom stereocenters. The van der Waals surface area contributed by atoms with Crippen LogP contribution in [0, 0.1) is 0 Å². The lowest BCUT2D eigenvalue weighted by atomic mass is 10.0. The van der Waals surface area contributed by atoms with Crippen LogP contribution >= 0.6 is 0 Å². The van der Waals surface area contributed by atoms with Crippen molar-refractivity contribution in [3.63, 3.8) is 0 Å². The molecular formula is C22H26N4O3. The Hall–Kier alpha value is -2.77. The number of morpholine rings is 1. The van der Waals surface area contributed by atoms with Gasteiger partial charge in [0.2, 0.25) is 0 Å². The Morgan fingerprint density at radius 2 is 2.03 bits per heavy atom. The monoisotopic (exact) mass is 394 g/mol. The quantitative estimate of drug-likeness (QED) is 0.663. The first kappa shape index (κ1) is 19.5. The fourth-order valence-electron chi connectivity index (χ4n) is 3.68. The van der Waals surface area contributed by atoms with Gasteiger partial charge in [-0.1, -0.05) is 42.4 Å². The molecule has 1 aromatic carbocycles. The number of fused-ring (bicyclic) bond motifs is 1. The highest BCUT2D eigenvalue weighted by molar-refractivity contribution is 5.97. The number of aromatic nitrogens is 2. The fraction of sp³-hybridized carbons (Fsp3) is 0.409. The van der Waals surface area contributed by atoms with Crippen LogP contribution in [0.15, 0.2) is 47.1 Å². The zero-order chi connectivity index (χ0) is 20.1. The third-order valence-electron chi connectivity index (χ3n) is 5.24. The Balaban J connectivity index is 1.51. The Kier molecular flexibility index (Phi) is 6.17. The van der Waals surface area contributed by atoms with E-state index in [9.17, 15) is 4.79 Å². The molecule has 0 aliphatic carbocycles. The largest absolute Gasteiger partial charge is 0.379 e. The molecule has 1 aliphatic heterocycles. The molecule has 2 aromatic heterocycles. The summed E-state index contributed by atoms with van der Waals surface area (Å²) in [5, 5.41) is 8.03. The van der Waals surface area contributed by atoms with E-state index >= 15 is 0 Å². The average molecular weight is 394 g/mol. The number of nitrogens with one attached hydrogen (secondary N) is 1. The number of amides is 1. The van der Waals surface area contributed by atoms with Crippen molar-refractivity contribution < 1.29 is 14.1 Å². The number of benzene rings is 1. The number of hydrogen-bond donors (Lipinski definition) is 1. The molecule has 152 valence electrons. The van der Waals surface area contributed by atoms with Gasteiger partial charge in [-0.25, -0.2) is 4.98 Å². The van der Waals surface area contributed by atoms with Gasteiger partial charge in [-0.3, -0.25) is 9.69 Å². The van der Waals surface area contributed by atoms with Gasteiger partial charge >= 0.3 is 0 Å². The number of pyridine rings is 1. The van der Waals surface area contributed by atoms with Gasteiger partial charge < -0.3 is 14.6 Å². The Morgan fingerprint density at radius 3 is 2.79 bits per heavy atom. The number of rotatable bonds is 7. The van der Waals surface area contributed by atoms with Gasteiger partial charge in [-0.2, -0.15) is 0 Å². The summed E-state index contributed by atoms with van der Waals surface area (Å²) in [5.41, 5.74) is 3.01. The van der Waals surface area contributed by atoms with Gasteiger partial charge in [0.25, 0.3) is 11.6 Å². The minimum atomic E-state index is -0.128. The van der Waals surface area contributed by atoms with E-state index in [2.05, 4.69) is 32.5 Å². The normalized spacial score (nSPS) is 16.0. The van der Waals surface area contributed by atoms with Gasteiger partial charge in [0.1, 0.15) is 0 Å². The van der Waals surface area contributed by atoms with Crippen LogP contribution in [0.1, 0.15) is 28.5 Å². The SMILES string of the molecule is CCc1noc2ncc(C(=O)NC(Cc3ccccc3)CN3CCOCC3)cc12. The minimum Gasteiger partial charge on any atom is -0.379 e. The predicted octanol–water partition coefficient (Wildman–Crippen LogP) is 2.46.